The van der Waals surface area contributed by atoms with Gasteiger partial charge in [-0.25, -0.2) is 9.97 Å². The fourth-order valence-corrected chi connectivity index (χ4v) is 4.95. The Kier molecular flexibility index (Phi) is 3.41. The molecule has 6 heteroatoms. The van der Waals surface area contributed by atoms with Crippen LogP contribution in [0.1, 0.15) is 25.7 Å². The number of carbonyl (C=O) groups excluding carboxylic acids is 2. The number of aromatic nitrogens is 2. The second-order valence-electron chi connectivity index (χ2n) is 5.81. The molecule has 0 fully saturated rings. The number of fused-ring (bicyclic) bond motifs is 2. The first-order valence-corrected chi connectivity index (χ1v) is 9.57. The summed E-state index contributed by atoms with van der Waals surface area (Å²) in [5.41, 5.74) is 2.16. The van der Waals surface area contributed by atoms with Gasteiger partial charge in [-0.2, -0.15) is 0 Å². The number of hydrogen-bond donors (Lipinski definition) is 0. The largest absolute Gasteiger partial charge is 0.288 e. The van der Waals surface area contributed by atoms with E-state index in [0.717, 1.165) is 20.2 Å². The normalized spacial score (nSPS) is 13.5. The first-order chi connectivity index (χ1) is 12.7. The van der Waals surface area contributed by atoms with Crippen LogP contribution in [0.4, 0.5) is 0 Å². The molecule has 26 heavy (non-hydrogen) atoms. The molecule has 0 saturated carbocycles. The number of ketones is 2. The number of Topliss-reactive ketones (excluding diaryl/α,β-unsaturated/α-hetero) is 2. The van der Waals surface area contributed by atoms with E-state index in [1.54, 1.807) is 30.3 Å². The average Bonchev–Trinajstić information content (AvgIpc) is 3.30. The van der Waals surface area contributed by atoms with Gasteiger partial charge in [-0.3, -0.25) is 9.59 Å². The molecule has 0 unspecified atom stereocenters. The zero-order valence-corrected chi connectivity index (χ0v) is 14.9. The molecule has 0 N–H and O–H groups in total. The summed E-state index contributed by atoms with van der Waals surface area (Å²) in [4.78, 5) is 35.8. The molecule has 124 valence electrons. The Morgan fingerprint density at radius 1 is 0.731 bits per heavy atom. The van der Waals surface area contributed by atoms with Gasteiger partial charge in [0.25, 0.3) is 0 Å². The molecule has 2 aromatic carbocycles. The van der Waals surface area contributed by atoms with Crippen molar-refractivity contribution in [3.8, 4) is 10.6 Å². The Morgan fingerprint density at radius 2 is 1.35 bits per heavy atom. The summed E-state index contributed by atoms with van der Waals surface area (Å²) < 4.78 is 0. The second-order valence-corrected chi connectivity index (χ2v) is 7.80. The first-order valence-electron chi connectivity index (χ1n) is 7.93. The SMILES string of the molecule is O=C1C(=Cc2nc3sc(-c4ccccc4)nc3s2)C(=O)c2ccccc21. The summed E-state index contributed by atoms with van der Waals surface area (Å²) in [7, 11) is 0. The lowest BCUT2D eigenvalue weighted by atomic mass is 10.1. The van der Waals surface area contributed by atoms with Crippen molar-refractivity contribution >= 4 is 50.0 Å². The highest BCUT2D eigenvalue weighted by molar-refractivity contribution is 7.28. The maximum atomic E-state index is 12.5. The van der Waals surface area contributed by atoms with Crippen LogP contribution in [0.5, 0.6) is 0 Å². The number of nitrogens with zero attached hydrogens (tertiary/aromatic N) is 2. The third kappa shape index (κ3) is 2.34. The molecule has 0 amide bonds. The molecule has 2 aromatic heterocycles. The number of allylic oxidation sites excluding steroid dienone is 1. The van der Waals surface area contributed by atoms with E-state index < -0.39 is 0 Å². The Morgan fingerprint density at radius 3 is 2.00 bits per heavy atom. The van der Waals surface area contributed by atoms with Crippen molar-refractivity contribution in [3.63, 3.8) is 0 Å². The van der Waals surface area contributed by atoms with E-state index >= 15 is 0 Å². The molecule has 0 aliphatic heterocycles. The van der Waals surface area contributed by atoms with Gasteiger partial charge in [-0.15, -0.1) is 0 Å². The maximum absolute atomic E-state index is 12.5. The van der Waals surface area contributed by atoms with E-state index in [1.807, 2.05) is 30.3 Å². The summed E-state index contributed by atoms with van der Waals surface area (Å²) in [5, 5.41) is 1.54. The lowest BCUT2D eigenvalue weighted by Gasteiger charge is -1.93. The van der Waals surface area contributed by atoms with Gasteiger partial charge in [0.2, 0.25) is 0 Å². The lowest BCUT2D eigenvalue weighted by Crippen LogP contribution is -1.99. The molecule has 1 aliphatic carbocycles. The molecular formula is C20H10N2O2S2. The summed E-state index contributed by atoms with van der Waals surface area (Å²) in [5.74, 6) is -0.468. The van der Waals surface area contributed by atoms with Crippen molar-refractivity contribution in [2.45, 2.75) is 0 Å². The number of rotatable bonds is 2. The van der Waals surface area contributed by atoms with Crippen LogP contribution in [0.15, 0.2) is 60.2 Å². The van der Waals surface area contributed by atoms with Gasteiger partial charge in [0.15, 0.2) is 21.2 Å². The van der Waals surface area contributed by atoms with Gasteiger partial charge in [0, 0.05) is 16.7 Å². The first kappa shape index (κ1) is 15.3. The van der Waals surface area contributed by atoms with Crippen LogP contribution in [0, 0.1) is 0 Å². The highest BCUT2D eigenvalue weighted by Gasteiger charge is 2.32. The number of benzene rings is 2. The molecule has 2 heterocycles. The fraction of sp³-hybridized carbons (Fsp3) is 0. The molecule has 0 radical (unpaired) electrons. The number of thiazole rings is 2. The molecule has 0 bridgehead atoms. The van der Waals surface area contributed by atoms with Crippen molar-refractivity contribution in [2.24, 2.45) is 0 Å². The summed E-state index contributed by atoms with van der Waals surface area (Å²) in [6, 6.07) is 16.8. The summed E-state index contributed by atoms with van der Waals surface area (Å²) in [6.07, 6.45) is 1.59. The molecule has 0 atom stereocenters. The number of hydrogen-bond acceptors (Lipinski definition) is 6. The minimum atomic E-state index is -0.234. The molecule has 0 spiro atoms. The van der Waals surface area contributed by atoms with Gasteiger partial charge in [0.1, 0.15) is 10.0 Å². The summed E-state index contributed by atoms with van der Waals surface area (Å²) in [6.45, 7) is 0. The van der Waals surface area contributed by atoms with Gasteiger partial charge < -0.3 is 0 Å². The Labute approximate surface area is 156 Å². The Hall–Kier alpha value is -2.96. The third-order valence-corrected chi connectivity index (χ3v) is 6.21. The van der Waals surface area contributed by atoms with E-state index in [1.165, 1.54) is 22.7 Å². The van der Waals surface area contributed by atoms with E-state index in [2.05, 4.69) is 9.97 Å². The molecule has 0 saturated heterocycles. The zero-order valence-electron chi connectivity index (χ0n) is 13.3. The van der Waals surface area contributed by atoms with Crippen molar-refractivity contribution in [3.05, 3.63) is 76.3 Å². The lowest BCUT2D eigenvalue weighted by molar-refractivity contribution is 0.0990. The highest BCUT2D eigenvalue weighted by atomic mass is 32.1. The van der Waals surface area contributed by atoms with E-state index in [0.29, 0.717) is 16.1 Å². The van der Waals surface area contributed by atoms with Crippen LogP contribution < -0.4 is 0 Å². The Bertz CT molecular complexity index is 1150. The maximum Gasteiger partial charge on any atom is 0.197 e. The minimum Gasteiger partial charge on any atom is -0.288 e. The van der Waals surface area contributed by atoms with Crippen LogP contribution >= 0.6 is 22.7 Å². The van der Waals surface area contributed by atoms with Gasteiger partial charge in [-0.05, 0) is 6.08 Å². The number of carbonyl (C=O) groups is 2. The van der Waals surface area contributed by atoms with Crippen LogP contribution in [0.2, 0.25) is 0 Å². The van der Waals surface area contributed by atoms with Crippen LogP contribution in [0.25, 0.3) is 26.3 Å². The van der Waals surface area contributed by atoms with Gasteiger partial charge in [-0.1, -0.05) is 77.3 Å². The highest BCUT2D eigenvalue weighted by Crippen LogP contribution is 2.34. The average molecular weight is 374 g/mol. The predicted molar refractivity (Wildman–Crippen MR) is 104 cm³/mol. The summed E-state index contributed by atoms with van der Waals surface area (Å²) >= 11 is 2.90. The quantitative estimate of drug-likeness (QED) is 0.370. The fourth-order valence-electron chi connectivity index (χ4n) is 2.95. The smallest absolute Gasteiger partial charge is 0.197 e. The van der Waals surface area contributed by atoms with Crippen molar-refractivity contribution in [1.29, 1.82) is 0 Å². The van der Waals surface area contributed by atoms with Crippen molar-refractivity contribution in [1.82, 2.24) is 9.97 Å². The van der Waals surface area contributed by atoms with Crippen molar-refractivity contribution in [2.75, 3.05) is 0 Å². The van der Waals surface area contributed by atoms with Gasteiger partial charge in [0.05, 0.1) is 5.57 Å². The third-order valence-electron chi connectivity index (χ3n) is 4.19. The molecule has 5 rings (SSSR count). The van der Waals surface area contributed by atoms with Gasteiger partial charge >= 0.3 is 0 Å². The predicted octanol–water partition coefficient (Wildman–Crippen LogP) is 4.88. The molecule has 4 nitrogen and oxygen atoms in total. The van der Waals surface area contributed by atoms with E-state index in [-0.39, 0.29) is 17.1 Å². The van der Waals surface area contributed by atoms with Crippen LogP contribution in [0.3, 0.4) is 0 Å². The van der Waals surface area contributed by atoms with E-state index in [9.17, 15) is 9.59 Å². The zero-order chi connectivity index (χ0) is 17.7. The van der Waals surface area contributed by atoms with Crippen molar-refractivity contribution < 1.29 is 9.59 Å². The monoisotopic (exact) mass is 374 g/mol. The minimum absolute atomic E-state index is 0.177. The standard InChI is InChI=1S/C20H10N2O2S2/c23-16-12-8-4-5-9-13(12)17(24)14(16)10-15-21-19-20(25-15)22-18(26-19)11-6-2-1-3-7-11/h1-10H. The molecule has 1 aliphatic rings. The van der Waals surface area contributed by atoms with Crippen LogP contribution in [-0.2, 0) is 0 Å². The second kappa shape index (κ2) is 5.79. The Balaban J connectivity index is 1.53. The molecule has 4 aromatic rings. The van der Waals surface area contributed by atoms with E-state index in [4.69, 9.17) is 0 Å². The molecular weight excluding hydrogens is 364 g/mol. The van der Waals surface area contributed by atoms with Crippen LogP contribution in [-0.4, -0.2) is 21.5 Å². The topological polar surface area (TPSA) is 59.9 Å².